The summed E-state index contributed by atoms with van der Waals surface area (Å²) in [5.74, 6) is -0.313. The molecule has 1 fully saturated rings. The largest absolute Gasteiger partial charge is 0.468 e. The van der Waals surface area contributed by atoms with Gasteiger partial charge in [0.1, 0.15) is 12.6 Å². The summed E-state index contributed by atoms with van der Waals surface area (Å²) in [4.78, 5) is 23.0. The maximum Gasteiger partial charge on any atom is 0.407 e. The second-order valence-electron chi connectivity index (χ2n) is 4.62. The van der Waals surface area contributed by atoms with Crippen molar-refractivity contribution in [1.82, 2.24) is 10.6 Å². The van der Waals surface area contributed by atoms with E-state index < -0.39 is 6.09 Å². The highest BCUT2D eigenvalue weighted by atomic mass is 35.5. The molecule has 1 aliphatic heterocycles. The van der Waals surface area contributed by atoms with E-state index in [-0.39, 0.29) is 37.1 Å². The predicted molar refractivity (Wildman–Crippen MR) is 79.2 cm³/mol. The van der Waals surface area contributed by atoms with Crippen LogP contribution in [0.25, 0.3) is 0 Å². The first kappa shape index (κ1) is 17.3. The van der Waals surface area contributed by atoms with Crippen LogP contribution in [-0.4, -0.2) is 37.8 Å². The Balaban J connectivity index is 0.00000220. The van der Waals surface area contributed by atoms with E-state index in [4.69, 9.17) is 4.74 Å². The molecule has 7 heteroatoms. The van der Waals surface area contributed by atoms with Crippen molar-refractivity contribution in [3.63, 3.8) is 0 Å². The van der Waals surface area contributed by atoms with Crippen molar-refractivity contribution >= 4 is 24.5 Å². The summed E-state index contributed by atoms with van der Waals surface area (Å²) in [6.07, 6.45) is 0.0267. The van der Waals surface area contributed by atoms with Crippen molar-refractivity contribution in [3.05, 3.63) is 35.9 Å². The van der Waals surface area contributed by atoms with Gasteiger partial charge in [-0.15, -0.1) is 12.4 Å². The highest BCUT2D eigenvalue weighted by Gasteiger charge is 2.31. The molecule has 0 unspecified atom stereocenters. The van der Waals surface area contributed by atoms with Crippen molar-refractivity contribution in [2.45, 2.75) is 25.1 Å². The van der Waals surface area contributed by atoms with Gasteiger partial charge in [0.25, 0.3) is 0 Å². The SMILES string of the molecule is COC(=O)[C@@H]1C[C@H](NC(=O)OCc2ccccc2)CN1.Cl. The number of carbonyl (C=O) groups is 2. The molecule has 0 spiro atoms. The average Bonchev–Trinajstić information content (AvgIpc) is 2.94. The molecule has 0 radical (unpaired) electrons. The fraction of sp³-hybridized carbons (Fsp3) is 0.429. The summed E-state index contributed by atoms with van der Waals surface area (Å²) in [5.41, 5.74) is 0.930. The molecule has 21 heavy (non-hydrogen) atoms. The summed E-state index contributed by atoms with van der Waals surface area (Å²) >= 11 is 0. The van der Waals surface area contributed by atoms with Gasteiger partial charge >= 0.3 is 12.1 Å². The van der Waals surface area contributed by atoms with Crippen molar-refractivity contribution < 1.29 is 19.1 Å². The van der Waals surface area contributed by atoms with Crippen molar-refractivity contribution in [1.29, 1.82) is 0 Å². The first-order chi connectivity index (χ1) is 9.69. The van der Waals surface area contributed by atoms with Crippen molar-refractivity contribution in [2.75, 3.05) is 13.7 Å². The molecule has 0 aliphatic carbocycles. The highest BCUT2D eigenvalue weighted by molar-refractivity contribution is 5.85. The first-order valence-corrected chi connectivity index (χ1v) is 6.47. The molecular weight excluding hydrogens is 296 g/mol. The van der Waals surface area contributed by atoms with Crippen molar-refractivity contribution in [3.8, 4) is 0 Å². The number of benzene rings is 1. The molecule has 1 saturated heterocycles. The van der Waals surface area contributed by atoms with Gasteiger partial charge in [0.05, 0.1) is 7.11 Å². The number of esters is 1. The quantitative estimate of drug-likeness (QED) is 0.818. The number of methoxy groups -OCH3 is 1. The third kappa shape index (κ3) is 5.24. The minimum Gasteiger partial charge on any atom is -0.468 e. The van der Waals surface area contributed by atoms with E-state index in [1.807, 2.05) is 30.3 Å². The molecule has 1 aromatic carbocycles. The summed E-state index contributed by atoms with van der Waals surface area (Å²) in [7, 11) is 1.35. The van der Waals surface area contributed by atoms with Gasteiger partial charge < -0.3 is 20.1 Å². The van der Waals surface area contributed by atoms with Gasteiger partial charge in [0, 0.05) is 12.6 Å². The predicted octanol–water partition coefficient (Wildman–Crippen LogP) is 1.24. The summed E-state index contributed by atoms with van der Waals surface area (Å²) in [6.45, 7) is 0.757. The standard InChI is InChI=1S/C14H18N2O4.ClH/c1-19-13(17)12-7-11(8-15-12)16-14(18)20-9-10-5-3-2-4-6-10;/h2-6,11-12,15H,7-9H2,1H3,(H,16,18);1H/t11-,12-;/m0./s1. The Bertz CT molecular complexity index is 469. The number of alkyl carbamates (subject to hydrolysis) is 1. The Morgan fingerprint density at radius 1 is 1.33 bits per heavy atom. The Hall–Kier alpha value is -1.79. The van der Waals surface area contributed by atoms with Crippen LogP contribution in [0.2, 0.25) is 0 Å². The van der Waals surface area contributed by atoms with E-state index in [2.05, 4.69) is 15.4 Å². The topological polar surface area (TPSA) is 76.7 Å². The smallest absolute Gasteiger partial charge is 0.407 e. The van der Waals surface area contributed by atoms with Crippen LogP contribution in [0.5, 0.6) is 0 Å². The van der Waals surface area contributed by atoms with Crippen LogP contribution in [-0.2, 0) is 20.9 Å². The van der Waals surface area contributed by atoms with E-state index >= 15 is 0 Å². The summed E-state index contributed by atoms with van der Waals surface area (Å²) < 4.78 is 9.77. The van der Waals surface area contributed by atoms with Crippen LogP contribution in [0.4, 0.5) is 4.79 Å². The van der Waals surface area contributed by atoms with Crippen LogP contribution >= 0.6 is 12.4 Å². The first-order valence-electron chi connectivity index (χ1n) is 6.47. The summed E-state index contributed by atoms with van der Waals surface area (Å²) in [6, 6.07) is 8.97. The fourth-order valence-electron chi connectivity index (χ4n) is 2.10. The molecule has 2 N–H and O–H groups in total. The Morgan fingerprint density at radius 3 is 2.71 bits per heavy atom. The zero-order chi connectivity index (χ0) is 14.4. The van der Waals surface area contributed by atoms with Gasteiger partial charge in [-0.25, -0.2) is 4.79 Å². The third-order valence-corrected chi connectivity index (χ3v) is 3.15. The zero-order valence-corrected chi connectivity index (χ0v) is 12.5. The molecule has 1 aromatic rings. The van der Waals surface area contributed by atoms with Crippen LogP contribution in [0.3, 0.4) is 0 Å². The van der Waals surface area contributed by atoms with E-state index in [1.165, 1.54) is 7.11 Å². The molecule has 1 aliphatic rings. The fourth-order valence-corrected chi connectivity index (χ4v) is 2.10. The van der Waals surface area contributed by atoms with Crippen LogP contribution < -0.4 is 10.6 Å². The van der Waals surface area contributed by atoms with Gasteiger partial charge in [-0.2, -0.15) is 0 Å². The molecule has 2 rings (SSSR count). The lowest BCUT2D eigenvalue weighted by molar-refractivity contribution is -0.142. The molecule has 2 atom stereocenters. The molecule has 116 valence electrons. The van der Waals surface area contributed by atoms with Crippen LogP contribution in [0.15, 0.2) is 30.3 Å². The second-order valence-corrected chi connectivity index (χ2v) is 4.62. The van der Waals surface area contributed by atoms with Gasteiger partial charge in [0.2, 0.25) is 0 Å². The van der Waals surface area contributed by atoms with E-state index in [1.54, 1.807) is 0 Å². The maximum atomic E-state index is 11.6. The van der Waals surface area contributed by atoms with Crippen LogP contribution in [0.1, 0.15) is 12.0 Å². The lowest BCUT2D eigenvalue weighted by atomic mass is 10.2. The monoisotopic (exact) mass is 314 g/mol. The van der Waals surface area contributed by atoms with E-state index in [9.17, 15) is 9.59 Å². The Morgan fingerprint density at radius 2 is 2.05 bits per heavy atom. The number of carbonyl (C=O) groups excluding carboxylic acids is 2. The number of rotatable bonds is 4. The van der Waals surface area contributed by atoms with Crippen molar-refractivity contribution in [2.24, 2.45) is 0 Å². The van der Waals surface area contributed by atoms with E-state index in [0.29, 0.717) is 13.0 Å². The number of ether oxygens (including phenoxy) is 2. The average molecular weight is 315 g/mol. The molecule has 1 heterocycles. The Labute approximate surface area is 129 Å². The number of hydrogen-bond donors (Lipinski definition) is 2. The minimum atomic E-state index is -0.480. The van der Waals surface area contributed by atoms with Gasteiger partial charge in [-0.1, -0.05) is 30.3 Å². The molecule has 0 aromatic heterocycles. The van der Waals surface area contributed by atoms with Gasteiger partial charge in [-0.05, 0) is 12.0 Å². The highest BCUT2D eigenvalue weighted by Crippen LogP contribution is 2.08. The molecule has 0 saturated carbocycles. The molecule has 6 nitrogen and oxygen atoms in total. The zero-order valence-electron chi connectivity index (χ0n) is 11.7. The lowest BCUT2D eigenvalue weighted by Crippen LogP contribution is -2.36. The second kappa shape index (κ2) is 8.49. The van der Waals surface area contributed by atoms with Gasteiger partial charge in [0.15, 0.2) is 0 Å². The lowest BCUT2D eigenvalue weighted by Gasteiger charge is -2.12. The molecule has 1 amide bonds. The minimum absolute atomic E-state index is 0. The van der Waals surface area contributed by atoms with Crippen LogP contribution in [0, 0.1) is 0 Å². The summed E-state index contributed by atoms with van der Waals surface area (Å²) in [5, 5.41) is 5.72. The maximum absolute atomic E-state index is 11.6. The van der Waals surface area contributed by atoms with E-state index in [0.717, 1.165) is 5.56 Å². The molecular formula is C14H19ClN2O4. The normalized spacial score (nSPS) is 20.2. The number of halogens is 1. The number of nitrogens with one attached hydrogen (secondary N) is 2. The number of hydrogen-bond acceptors (Lipinski definition) is 5. The number of amides is 1. The molecule has 0 bridgehead atoms. The Kier molecular flexibility index (Phi) is 6.98. The van der Waals surface area contributed by atoms with Gasteiger partial charge in [-0.3, -0.25) is 4.79 Å². The third-order valence-electron chi connectivity index (χ3n) is 3.15.